The fourth-order valence-electron chi connectivity index (χ4n) is 4.07. The Morgan fingerprint density at radius 3 is 2.67 bits per heavy atom. The molecule has 2 saturated heterocycles. The van der Waals surface area contributed by atoms with Gasteiger partial charge in [0.2, 0.25) is 0 Å². The maximum absolute atomic E-state index is 13.2. The van der Waals surface area contributed by atoms with Gasteiger partial charge >= 0.3 is 0 Å². The molecule has 0 N–H and O–H groups in total. The van der Waals surface area contributed by atoms with Gasteiger partial charge in [0.25, 0.3) is 11.5 Å². The lowest BCUT2D eigenvalue weighted by Crippen LogP contribution is -2.40. The molecule has 3 rings (SSSR count). The molecule has 6 nitrogen and oxygen atoms in total. The van der Waals surface area contributed by atoms with E-state index in [1.54, 1.807) is 18.5 Å². The van der Waals surface area contributed by atoms with Crippen LogP contribution in [0.1, 0.15) is 56.2 Å². The number of nitriles is 1. The van der Waals surface area contributed by atoms with Gasteiger partial charge in [-0.1, -0.05) is 44.2 Å². The summed E-state index contributed by atoms with van der Waals surface area (Å²) in [5, 5.41) is 9.72. The number of likely N-dealkylation sites (N-methyl/N-ethyl adjacent to an activating group) is 1. The average Bonchev–Trinajstić information content (AvgIpc) is 2.96. The minimum absolute atomic E-state index is 0.146. The van der Waals surface area contributed by atoms with E-state index in [4.69, 9.17) is 12.2 Å². The van der Waals surface area contributed by atoms with Gasteiger partial charge in [-0.3, -0.25) is 19.1 Å². The number of pyridine rings is 1. The van der Waals surface area contributed by atoms with Crippen molar-refractivity contribution < 1.29 is 4.79 Å². The van der Waals surface area contributed by atoms with Gasteiger partial charge in [0, 0.05) is 32.2 Å². The summed E-state index contributed by atoms with van der Waals surface area (Å²) in [6.45, 7) is 8.38. The Kier molecular flexibility index (Phi) is 7.04. The number of thiocarbonyl (C=S) groups is 1. The van der Waals surface area contributed by atoms with Crippen LogP contribution in [0.15, 0.2) is 9.70 Å². The summed E-state index contributed by atoms with van der Waals surface area (Å²) in [7, 11) is 1.67. The number of anilines is 1. The van der Waals surface area contributed by atoms with Gasteiger partial charge in [0.15, 0.2) is 0 Å². The van der Waals surface area contributed by atoms with Crippen molar-refractivity contribution >= 4 is 46.1 Å². The van der Waals surface area contributed by atoms with Crippen LogP contribution in [-0.4, -0.2) is 39.8 Å². The summed E-state index contributed by atoms with van der Waals surface area (Å²) in [6, 6.07) is 2.10. The molecule has 0 radical (unpaired) electrons. The van der Waals surface area contributed by atoms with Crippen LogP contribution in [0, 0.1) is 24.2 Å². The summed E-state index contributed by atoms with van der Waals surface area (Å²) in [5.41, 5.74) is 1.32. The lowest BCUT2D eigenvalue weighted by molar-refractivity contribution is -0.121. The highest BCUT2D eigenvalue weighted by atomic mass is 32.2. The van der Waals surface area contributed by atoms with Crippen LogP contribution >= 0.6 is 24.0 Å². The Balaban J connectivity index is 2.28. The highest BCUT2D eigenvalue weighted by molar-refractivity contribution is 8.26. The smallest absolute Gasteiger partial charge is 0.270 e. The number of carbonyl (C=O) groups is 1. The first-order valence-electron chi connectivity index (χ1n) is 10.4. The van der Waals surface area contributed by atoms with Crippen molar-refractivity contribution in [3.8, 4) is 6.07 Å². The van der Waals surface area contributed by atoms with E-state index in [1.165, 1.54) is 16.7 Å². The number of nitrogens with zero attached hydrogens (tertiary/aromatic N) is 4. The third-order valence-electron chi connectivity index (χ3n) is 5.80. The van der Waals surface area contributed by atoms with Gasteiger partial charge in [-0.15, -0.1) is 0 Å². The van der Waals surface area contributed by atoms with Crippen molar-refractivity contribution in [3.63, 3.8) is 0 Å². The SMILES string of the molecule is CCCCn1c(N2CCCC(C)C2)c(/C=C2/SC(=S)N(C)C2=O)c(C)c(C#N)c1=O. The van der Waals surface area contributed by atoms with E-state index in [-0.39, 0.29) is 17.0 Å². The Hall–Kier alpha value is -2.11. The quantitative estimate of drug-likeness (QED) is 0.507. The molecule has 1 aromatic heterocycles. The van der Waals surface area contributed by atoms with Crippen LogP contribution in [0.25, 0.3) is 6.08 Å². The third kappa shape index (κ3) is 4.19. The molecule has 1 aromatic rings. The number of unbranched alkanes of at least 4 members (excludes halogenated alkanes) is 1. The molecule has 2 fully saturated rings. The number of amides is 1. The summed E-state index contributed by atoms with van der Waals surface area (Å²) in [6.07, 6.45) is 5.84. The second-order valence-corrected chi connectivity index (χ2v) is 9.77. The molecule has 8 heteroatoms. The molecule has 0 saturated carbocycles. The second kappa shape index (κ2) is 9.36. The van der Waals surface area contributed by atoms with E-state index in [0.717, 1.165) is 50.2 Å². The number of thioether (sulfide) groups is 1. The zero-order valence-corrected chi connectivity index (χ0v) is 19.7. The Labute approximate surface area is 187 Å². The lowest BCUT2D eigenvalue weighted by atomic mass is 9.98. The van der Waals surface area contributed by atoms with Gasteiger partial charge in [-0.25, -0.2) is 0 Å². The van der Waals surface area contributed by atoms with Gasteiger partial charge in [-0.2, -0.15) is 5.26 Å². The van der Waals surface area contributed by atoms with E-state index < -0.39 is 0 Å². The topological polar surface area (TPSA) is 69.3 Å². The first-order valence-corrected chi connectivity index (χ1v) is 11.7. The Morgan fingerprint density at radius 1 is 1.37 bits per heavy atom. The van der Waals surface area contributed by atoms with Crippen LogP contribution in [0.2, 0.25) is 0 Å². The number of piperidine rings is 1. The Morgan fingerprint density at radius 2 is 2.10 bits per heavy atom. The molecule has 2 aliphatic heterocycles. The van der Waals surface area contributed by atoms with Crippen molar-refractivity contribution in [2.24, 2.45) is 5.92 Å². The first kappa shape index (κ1) is 22.6. The van der Waals surface area contributed by atoms with Crippen molar-refractivity contribution in [1.82, 2.24) is 9.47 Å². The standard InChI is InChI=1S/C22H28N4O2S2/c1-5-6-10-26-19(25-9-7-8-14(2)13-25)16(15(3)17(12-23)20(26)27)11-18-21(28)24(4)22(29)30-18/h11,14H,5-10,13H2,1-4H3/b18-11+. The fraction of sp³-hybridized carbons (Fsp3) is 0.545. The van der Waals surface area contributed by atoms with Crippen LogP contribution < -0.4 is 10.5 Å². The molecule has 1 atom stereocenters. The molecule has 1 unspecified atom stereocenters. The zero-order valence-electron chi connectivity index (χ0n) is 18.0. The molecule has 3 heterocycles. The summed E-state index contributed by atoms with van der Waals surface area (Å²) >= 11 is 6.54. The number of hydrogen-bond acceptors (Lipinski definition) is 6. The average molecular weight is 445 g/mol. The summed E-state index contributed by atoms with van der Waals surface area (Å²) < 4.78 is 2.27. The number of aromatic nitrogens is 1. The largest absolute Gasteiger partial charge is 0.357 e. The van der Waals surface area contributed by atoms with Crippen LogP contribution in [0.4, 0.5) is 5.82 Å². The molecule has 2 aliphatic rings. The van der Waals surface area contributed by atoms with E-state index in [1.807, 2.05) is 6.08 Å². The van der Waals surface area contributed by atoms with Crippen molar-refractivity contribution in [2.45, 2.75) is 53.0 Å². The molecule has 0 bridgehead atoms. The summed E-state index contributed by atoms with van der Waals surface area (Å²) in [5.74, 6) is 1.20. The number of hydrogen-bond donors (Lipinski definition) is 0. The molecule has 30 heavy (non-hydrogen) atoms. The predicted octanol–water partition coefficient (Wildman–Crippen LogP) is 3.90. The van der Waals surface area contributed by atoms with Crippen molar-refractivity contribution in [2.75, 3.05) is 25.0 Å². The second-order valence-electron chi connectivity index (χ2n) is 8.09. The van der Waals surface area contributed by atoms with Gasteiger partial charge in [0.1, 0.15) is 21.8 Å². The molecular formula is C22H28N4O2S2. The normalized spacial score (nSPS) is 20.9. The Bertz CT molecular complexity index is 1010. The monoisotopic (exact) mass is 444 g/mol. The fourth-order valence-corrected chi connectivity index (χ4v) is 5.23. The molecule has 0 aromatic carbocycles. The van der Waals surface area contributed by atoms with Crippen molar-refractivity contribution in [3.05, 3.63) is 31.9 Å². The summed E-state index contributed by atoms with van der Waals surface area (Å²) in [4.78, 5) is 30.1. The van der Waals surface area contributed by atoms with Gasteiger partial charge < -0.3 is 4.90 Å². The van der Waals surface area contributed by atoms with E-state index in [2.05, 4.69) is 24.8 Å². The van der Waals surface area contributed by atoms with E-state index >= 15 is 0 Å². The lowest BCUT2D eigenvalue weighted by Gasteiger charge is -2.36. The maximum Gasteiger partial charge on any atom is 0.270 e. The molecular weight excluding hydrogens is 416 g/mol. The van der Waals surface area contributed by atoms with Crippen LogP contribution in [0.3, 0.4) is 0 Å². The van der Waals surface area contributed by atoms with E-state index in [0.29, 0.717) is 27.3 Å². The minimum Gasteiger partial charge on any atom is -0.357 e. The highest BCUT2D eigenvalue weighted by Crippen LogP contribution is 2.36. The number of carbonyl (C=O) groups excluding carboxylic acids is 1. The predicted molar refractivity (Wildman–Crippen MR) is 127 cm³/mol. The van der Waals surface area contributed by atoms with Gasteiger partial charge in [-0.05, 0) is 43.7 Å². The minimum atomic E-state index is -0.239. The maximum atomic E-state index is 13.2. The van der Waals surface area contributed by atoms with Crippen LogP contribution in [-0.2, 0) is 11.3 Å². The van der Waals surface area contributed by atoms with E-state index in [9.17, 15) is 14.9 Å². The zero-order chi connectivity index (χ0) is 22.0. The molecule has 0 aliphatic carbocycles. The third-order valence-corrected chi connectivity index (χ3v) is 7.28. The van der Waals surface area contributed by atoms with Gasteiger partial charge in [0.05, 0.1) is 4.91 Å². The molecule has 1 amide bonds. The molecule has 160 valence electrons. The highest BCUT2D eigenvalue weighted by Gasteiger charge is 2.31. The first-order chi connectivity index (χ1) is 14.3. The van der Waals surface area contributed by atoms with Crippen molar-refractivity contribution in [1.29, 1.82) is 5.26 Å². The van der Waals surface area contributed by atoms with Crippen LogP contribution in [0.5, 0.6) is 0 Å². The molecule has 0 spiro atoms. The number of rotatable bonds is 5.